The summed E-state index contributed by atoms with van der Waals surface area (Å²) in [7, 11) is 2.12. The maximum absolute atomic E-state index is 12.9. The fourth-order valence-corrected chi connectivity index (χ4v) is 5.71. The second kappa shape index (κ2) is 7.83. The van der Waals surface area contributed by atoms with Crippen molar-refractivity contribution in [2.45, 2.75) is 19.6 Å². The molecule has 2 N–H and O–H groups in total. The van der Waals surface area contributed by atoms with Gasteiger partial charge in [0, 0.05) is 41.0 Å². The van der Waals surface area contributed by atoms with Crippen LogP contribution in [0, 0.1) is 0 Å². The highest BCUT2D eigenvalue weighted by Crippen LogP contribution is 2.44. The van der Waals surface area contributed by atoms with Gasteiger partial charge in [0.15, 0.2) is 0 Å². The molecular weight excluding hydrogens is 414 g/mol. The van der Waals surface area contributed by atoms with Crippen LogP contribution in [0.15, 0.2) is 47.8 Å². The number of aromatic nitrogens is 1. The first-order chi connectivity index (χ1) is 14.6. The number of carbonyl (C=O) groups is 1. The van der Waals surface area contributed by atoms with Gasteiger partial charge in [-0.3, -0.25) is 0 Å². The molecule has 1 aliphatic heterocycles. The highest BCUT2D eigenvalue weighted by Gasteiger charge is 2.27. The zero-order chi connectivity index (χ0) is 20.7. The molecule has 4 heterocycles. The Morgan fingerprint density at radius 2 is 2.07 bits per heavy atom. The Morgan fingerprint density at radius 3 is 2.83 bits per heavy atom. The lowest BCUT2D eigenvalue weighted by Crippen LogP contribution is -2.27. The van der Waals surface area contributed by atoms with Crippen LogP contribution in [0.25, 0.3) is 20.7 Å². The minimum atomic E-state index is -0.397. The molecule has 0 saturated heterocycles. The van der Waals surface area contributed by atoms with Crippen molar-refractivity contribution in [3.63, 3.8) is 0 Å². The molecule has 0 radical (unpaired) electrons. The van der Waals surface area contributed by atoms with Crippen LogP contribution in [0.5, 0.6) is 0 Å². The lowest BCUT2D eigenvalue weighted by Gasteiger charge is -2.26. The molecule has 0 aliphatic carbocycles. The smallest absolute Gasteiger partial charge is 0.350 e. The first kappa shape index (κ1) is 19.2. The highest BCUT2D eigenvalue weighted by atomic mass is 32.1. The van der Waals surface area contributed by atoms with E-state index in [0.717, 1.165) is 51.4 Å². The zero-order valence-electron chi connectivity index (χ0n) is 16.6. The van der Waals surface area contributed by atoms with Gasteiger partial charge >= 0.3 is 5.97 Å². The molecule has 0 saturated carbocycles. The molecule has 1 aromatic carbocycles. The fourth-order valence-electron chi connectivity index (χ4n) is 3.89. The molecule has 0 bridgehead atoms. The largest absolute Gasteiger partial charge is 0.457 e. The number of thiophene rings is 2. The number of likely N-dealkylation sites (N-methyl/N-ethyl adjacent to an activating group) is 1. The van der Waals surface area contributed by atoms with Crippen molar-refractivity contribution >= 4 is 44.5 Å². The van der Waals surface area contributed by atoms with Gasteiger partial charge in [-0.05, 0) is 29.6 Å². The molecule has 5 rings (SSSR count). The molecular formula is C23H21N3O2S2. The molecule has 0 atom stereocenters. The number of pyridine rings is 1. The van der Waals surface area contributed by atoms with E-state index in [9.17, 15) is 4.79 Å². The van der Waals surface area contributed by atoms with Crippen molar-refractivity contribution in [3.8, 4) is 10.4 Å². The Morgan fingerprint density at radius 1 is 1.23 bits per heavy atom. The molecule has 0 amide bonds. The number of nitrogens with two attached hydrogens (primary N) is 1. The molecule has 1 aliphatic rings. The summed E-state index contributed by atoms with van der Waals surface area (Å²) >= 11 is 3.02. The standard InChI is InChI=1S/C23H21N3O2S2/c1-26-10-9-16-15(12-26)18(17-8-5-11-29-17)19-20(24)21(30-22(19)25-16)23(27)28-13-14-6-3-2-4-7-14/h2-8,11H,9-10,12-13,24H2,1H3. The van der Waals surface area contributed by atoms with E-state index in [1.807, 2.05) is 36.4 Å². The van der Waals surface area contributed by atoms with Gasteiger partial charge in [0.1, 0.15) is 16.3 Å². The van der Waals surface area contributed by atoms with Crippen LogP contribution in [0.2, 0.25) is 0 Å². The summed E-state index contributed by atoms with van der Waals surface area (Å²) in [5.74, 6) is -0.397. The van der Waals surface area contributed by atoms with Gasteiger partial charge in [-0.25, -0.2) is 9.78 Å². The molecule has 3 aromatic heterocycles. The Bertz CT molecular complexity index is 1220. The third kappa shape index (κ3) is 3.39. The summed E-state index contributed by atoms with van der Waals surface area (Å²) in [5.41, 5.74) is 11.4. The Balaban J connectivity index is 1.60. The number of esters is 1. The molecule has 152 valence electrons. The third-order valence-electron chi connectivity index (χ3n) is 5.39. The number of hydrogen-bond donors (Lipinski definition) is 1. The van der Waals surface area contributed by atoms with Crippen molar-refractivity contribution in [2.75, 3.05) is 19.3 Å². The van der Waals surface area contributed by atoms with Crippen molar-refractivity contribution in [1.29, 1.82) is 0 Å². The minimum absolute atomic E-state index is 0.222. The van der Waals surface area contributed by atoms with E-state index in [0.29, 0.717) is 10.6 Å². The topological polar surface area (TPSA) is 68.5 Å². The average molecular weight is 436 g/mol. The van der Waals surface area contributed by atoms with Gasteiger partial charge in [0.2, 0.25) is 0 Å². The van der Waals surface area contributed by atoms with Crippen LogP contribution in [0.1, 0.15) is 26.5 Å². The summed E-state index contributed by atoms with van der Waals surface area (Å²) < 4.78 is 5.56. The first-order valence-corrected chi connectivity index (χ1v) is 11.5. The maximum atomic E-state index is 12.9. The van der Waals surface area contributed by atoms with Crippen LogP contribution >= 0.6 is 22.7 Å². The summed E-state index contributed by atoms with van der Waals surface area (Å²) in [4.78, 5) is 22.5. The fraction of sp³-hybridized carbons (Fsp3) is 0.217. The Hall–Kier alpha value is -2.74. The molecule has 5 nitrogen and oxygen atoms in total. The quantitative estimate of drug-likeness (QED) is 0.459. The third-order valence-corrected chi connectivity index (χ3v) is 7.35. The van der Waals surface area contributed by atoms with Crippen molar-refractivity contribution in [2.24, 2.45) is 0 Å². The van der Waals surface area contributed by atoms with E-state index in [-0.39, 0.29) is 6.61 Å². The van der Waals surface area contributed by atoms with Gasteiger partial charge in [-0.15, -0.1) is 22.7 Å². The maximum Gasteiger partial charge on any atom is 0.350 e. The Labute approximate surface area is 182 Å². The second-order valence-corrected chi connectivity index (χ2v) is 9.41. The van der Waals surface area contributed by atoms with E-state index >= 15 is 0 Å². The predicted octanol–water partition coefficient (Wildman–Crippen LogP) is 4.95. The normalized spacial score (nSPS) is 14.0. The number of nitrogen functional groups attached to an aromatic ring is 1. The number of fused-ring (bicyclic) bond motifs is 2. The molecule has 0 spiro atoms. The van der Waals surface area contributed by atoms with Crippen molar-refractivity contribution in [3.05, 3.63) is 69.5 Å². The molecule has 0 fully saturated rings. The molecule has 30 heavy (non-hydrogen) atoms. The van der Waals surface area contributed by atoms with Crippen LogP contribution in [0.4, 0.5) is 5.69 Å². The van der Waals surface area contributed by atoms with Crippen LogP contribution in [-0.2, 0) is 24.3 Å². The minimum Gasteiger partial charge on any atom is -0.457 e. The van der Waals surface area contributed by atoms with E-state index in [2.05, 4.69) is 23.4 Å². The number of anilines is 1. The van der Waals surface area contributed by atoms with Crippen LogP contribution in [-0.4, -0.2) is 29.4 Å². The number of benzene rings is 1. The average Bonchev–Trinajstić information content (AvgIpc) is 3.40. The van der Waals surface area contributed by atoms with Crippen LogP contribution in [0.3, 0.4) is 0 Å². The van der Waals surface area contributed by atoms with Gasteiger partial charge in [-0.2, -0.15) is 0 Å². The summed E-state index contributed by atoms with van der Waals surface area (Å²) in [6, 6.07) is 13.8. The lowest BCUT2D eigenvalue weighted by molar-refractivity contribution is 0.0480. The molecule has 7 heteroatoms. The van der Waals surface area contributed by atoms with E-state index in [1.54, 1.807) is 11.3 Å². The number of ether oxygens (including phenoxy) is 1. The number of rotatable bonds is 4. The summed E-state index contributed by atoms with van der Waals surface area (Å²) in [6.07, 6.45) is 0.895. The van der Waals surface area contributed by atoms with Crippen molar-refractivity contribution < 1.29 is 9.53 Å². The lowest BCUT2D eigenvalue weighted by atomic mass is 9.96. The van der Waals surface area contributed by atoms with Crippen molar-refractivity contribution in [1.82, 2.24) is 9.88 Å². The zero-order valence-corrected chi connectivity index (χ0v) is 18.2. The van der Waals surface area contributed by atoms with E-state index < -0.39 is 5.97 Å². The molecule has 0 unspecified atom stereocenters. The van der Waals surface area contributed by atoms with Gasteiger partial charge in [0.25, 0.3) is 0 Å². The summed E-state index contributed by atoms with van der Waals surface area (Å²) in [5, 5.41) is 2.95. The van der Waals surface area contributed by atoms with Crippen LogP contribution < -0.4 is 5.73 Å². The first-order valence-electron chi connectivity index (χ1n) is 9.79. The van der Waals surface area contributed by atoms with E-state index in [1.165, 1.54) is 16.9 Å². The summed E-state index contributed by atoms with van der Waals surface area (Å²) in [6.45, 7) is 2.02. The molecule has 4 aromatic rings. The highest BCUT2D eigenvalue weighted by molar-refractivity contribution is 7.21. The SMILES string of the molecule is CN1CCc2nc3sc(C(=O)OCc4ccccc4)c(N)c3c(-c3cccs3)c2C1. The van der Waals surface area contributed by atoms with E-state index in [4.69, 9.17) is 15.5 Å². The van der Waals surface area contributed by atoms with Gasteiger partial charge in [-0.1, -0.05) is 36.4 Å². The Kier molecular flexibility index (Phi) is 5.02. The number of carbonyl (C=O) groups excluding carboxylic acids is 1. The number of nitrogens with zero attached hydrogens (tertiary/aromatic N) is 2. The van der Waals surface area contributed by atoms with Gasteiger partial charge < -0.3 is 15.4 Å². The monoisotopic (exact) mass is 435 g/mol. The second-order valence-electron chi connectivity index (χ2n) is 7.46. The predicted molar refractivity (Wildman–Crippen MR) is 123 cm³/mol. The van der Waals surface area contributed by atoms with Gasteiger partial charge in [0.05, 0.1) is 5.69 Å². The number of hydrogen-bond acceptors (Lipinski definition) is 7.